The number of benzene rings is 1. The minimum absolute atomic E-state index is 0. The van der Waals surface area contributed by atoms with Gasteiger partial charge < -0.3 is 20.5 Å². The van der Waals surface area contributed by atoms with Gasteiger partial charge in [-0.2, -0.15) is 0 Å². The zero-order valence-corrected chi connectivity index (χ0v) is 15.6. The quantitative estimate of drug-likeness (QED) is 0.431. The van der Waals surface area contributed by atoms with Crippen LogP contribution in [-0.2, 0) is 6.54 Å². The number of methoxy groups -OCH3 is 2. The minimum Gasteiger partial charge on any atom is -0.497 e. The first-order valence-corrected chi connectivity index (χ1v) is 6.70. The fourth-order valence-corrected chi connectivity index (χ4v) is 1.85. The van der Waals surface area contributed by atoms with Gasteiger partial charge in [0.15, 0.2) is 5.96 Å². The molecule has 0 aliphatic rings. The largest absolute Gasteiger partial charge is 0.497 e. The van der Waals surface area contributed by atoms with Crippen LogP contribution in [0.5, 0.6) is 11.5 Å². The third-order valence-corrected chi connectivity index (χ3v) is 2.91. The summed E-state index contributed by atoms with van der Waals surface area (Å²) in [5.41, 5.74) is 7.39. The summed E-state index contributed by atoms with van der Waals surface area (Å²) in [7, 11) is 3.18. The molecule has 0 saturated heterocycles. The number of nitrogens with two attached hydrogens (primary N) is 1. The number of guanidine groups is 1. The molecular weight excluding hydrogens is 409 g/mol. The van der Waals surface area contributed by atoms with E-state index in [9.17, 15) is 0 Å². The van der Waals surface area contributed by atoms with Crippen LogP contribution >= 0.6 is 24.0 Å². The molecule has 0 bridgehead atoms. The highest BCUT2D eigenvalue weighted by molar-refractivity contribution is 14.0. The second kappa shape index (κ2) is 9.13. The van der Waals surface area contributed by atoms with Gasteiger partial charge in [0.25, 0.3) is 0 Å². The summed E-state index contributed by atoms with van der Waals surface area (Å²) in [6.07, 6.45) is 1.70. The molecule has 8 heteroatoms. The average molecular weight is 429 g/mol. The van der Waals surface area contributed by atoms with Gasteiger partial charge in [-0.25, -0.2) is 15.0 Å². The maximum atomic E-state index is 5.91. The molecule has 0 aliphatic carbocycles. The van der Waals surface area contributed by atoms with Crippen molar-refractivity contribution in [2.75, 3.05) is 19.5 Å². The molecule has 0 atom stereocenters. The van der Waals surface area contributed by atoms with Gasteiger partial charge in [-0.3, -0.25) is 0 Å². The lowest BCUT2D eigenvalue weighted by atomic mass is 10.2. The van der Waals surface area contributed by atoms with Crippen molar-refractivity contribution in [3.8, 4) is 11.5 Å². The van der Waals surface area contributed by atoms with Crippen molar-refractivity contribution in [3.05, 3.63) is 42.0 Å². The number of hydrogen-bond donors (Lipinski definition) is 2. The minimum atomic E-state index is 0. The van der Waals surface area contributed by atoms with Gasteiger partial charge in [-0.15, -0.1) is 24.0 Å². The Bertz CT molecular complexity index is 679. The van der Waals surface area contributed by atoms with Crippen LogP contribution in [0.25, 0.3) is 0 Å². The zero-order chi connectivity index (χ0) is 15.9. The lowest BCUT2D eigenvalue weighted by molar-refractivity contribution is 0.405. The number of aliphatic imine (C=N–C) groups is 1. The molecule has 0 spiro atoms. The Hall–Kier alpha value is -2.10. The summed E-state index contributed by atoms with van der Waals surface area (Å²) in [5, 5.41) is 3.00. The Labute approximate surface area is 152 Å². The first-order valence-electron chi connectivity index (χ1n) is 6.70. The third-order valence-electron chi connectivity index (χ3n) is 2.91. The summed E-state index contributed by atoms with van der Waals surface area (Å²) in [6, 6.07) is 7.19. The molecule has 7 nitrogen and oxygen atoms in total. The van der Waals surface area contributed by atoms with Gasteiger partial charge in [-0.1, -0.05) is 0 Å². The van der Waals surface area contributed by atoms with E-state index in [4.69, 9.17) is 15.2 Å². The molecule has 1 heterocycles. The number of rotatable bonds is 5. The summed E-state index contributed by atoms with van der Waals surface area (Å²) in [4.78, 5) is 12.6. The van der Waals surface area contributed by atoms with E-state index in [1.54, 1.807) is 44.7 Å². The standard InChI is InChI=1S/C15H19N5O2.HI/c1-10-17-7-6-11(19-10)9-18-15(16)20-13-8-12(21-2)4-5-14(13)22-3;/h4-8H,9H2,1-3H3,(H3,16,18,20);1H. The molecule has 0 saturated carbocycles. The predicted octanol–water partition coefficient (Wildman–Crippen LogP) is 2.35. The predicted molar refractivity (Wildman–Crippen MR) is 101 cm³/mol. The van der Waals surface area contributed by atoms with E-state index >= 15 is 0 Å². The Morgan fingerprint density at radius 1 is 1.26 bits per heavy atom. The fraction of sp³-hybridized carbons (Fsp3) is 0.267. The normalized spacial score (nSPS) is 10.7. The first-order chi connectivity index (χ1) is 10.6. The van der Waals surface area contributed by atoms with Crippen LogP contribution in [0.3, 0.4) is 0 Å². The van der Waals surface area contributed by atoms with Crippen molar-refractivity contribution in [3.63, 3.8) is 0 Å². The summed E-state index contributed by atoms with van der Waals surface area (Å²) >= 11 is 0. The maximum Gasteiger partial charge on any atom is 0.193 e. The van der Waals surface area contributed by atoms with Crippen LogP contribution in [0.1, 0.15) is 11.5 Å². The van der Waals surface area contributed by atoms with E-state index in [2.05, 4.69) is 20.3 Å². The summed E-state index contributed by atoms with van der Waals surface area (Å²) < 4.78 is 10.5. The van der Waals surface area contributed by atoms with Gasteiger partial charge in [-0.05, 0) is 25.1 Å². The fourth-order valence-electron chi connectivity index (χ4n) is 1.85. The first kappa shape index (κ1) is 18.9. The number of aryl methyl sites for hydroxylation is 1. The number of halogens is 1. The number of ether oxygens (including phenoxy) is 2. The molecule has 23 heavy (non-hydrogen) atoms. The van der Waals surface area contributed by atoms with Crippen molar-refractivity contribution in [1.82, 2.24) is 9.97 Å². The second-order valence-corrected chi connectivity index (χ2v) is 4.49. The molecule has 124 valence electrons. The lowest BCUT2D eigenvalue weighted by Gasteiger charge is -2.12. The number of aromatic nitrogens is 2. The number of nitrogens with one attached hydrogen (secondary N) is 1. The van der Waals surface area contributed by atoms with E-state index in [-0.39, 0.29) is 29.9 Å². The summed E-state index contributed by atoms with van der Waals surface area (Å²) in [6.45, 7) is 2.20. The molecule has 3 N–H and O–H groups in total. The van der Waals surface area contributed by atoms with Gasteiger partial charge in [0.1, 0.15) is 17.3 Å². The Morgan fingerprint density at radius 2 is 2.04 bits per heavy atom. The van der Waals surface area contributed by atoms with Crippen LogP contribution < -0.4 is 20.5 Å². The van der Waals surface area contributed by atoms with E-state index in [1.165, 1.54) is 0 Å². The lowest BCUT2D eigenvalue weighted by Crippen LogP contribution is -2.23. The SMILES string of the molecule is COc1ccc(OC)c(NC(N)=NCc2ccnc(C)n2)c1.I. The van der Waals surface area contributed by atoms with Crippen molar-refractivity contribution in [2.24, 2.45) is 10.7 Å². The average Bonchev–Trinajstić information content (AvgIpc) is 2.53. The Kier molecular flexibility index (Phi) is 7.52. The monoisotopic (exact) mass is 429 g/mol. The smallest absolute Gasteiger partial charge is 0.193 e. The molecule has 0 unspecified atom stereocenters. The number of anilines is 1. The molecule has 2 rings (SSSR count). The molecular formula is C15H20IN5O2. The van der Waals surface area contributed by atoms with Crippen LogP contribution in [-0.4, -0.2) is 30.1 Å². The third kappa shape index (κ3) is 5.55. The van der Waals surface area contributed by atoms with Gasteiger partial charge >= 0.3 is 0 Å². The van der Waals surface area contributed by atoms with Crippen LogP contribution in [0, 0.1) is 6.92 Å². The molecule has 0 radical (unpaired) electrons. The second-order valence-electron chi connectivity index (χ2n) is 4.49. The molecule has 2 aromatic rings. The maximum absolute atomic E-state index is 5.91. The van der Waals surface area contributed by atoms with E-state index < -0.39 is 0 Å². The van der Waals surface area contributed by atoms with Crippen LogP contribution in [0.2, 0.25) is 0 Å². The highest BCUT2D eigenvalue weighted by Crippen LogP contribution is 2.28. The molecule has 0 amide bonds. The van der Waals surface area contributed by atoms with Crippen LogP contribution in [0.4, 0.5) is 5.69 Å². The highest BCUT2D eigenvalue weighted by Gasteiger charge is 2.06. The van der Waals surface area contributed by atoms with E-state index in [1.807, 2.05) is 6.92 Å². The topological polar surface area (TPSA) is 94.7 Å². The van der Waals surface area contributed by atoms with E-state index in [0.29, 0.717) is 29.6 Å². The number of hydrogen-bond acceptors (Lipinski definition) is 5. The van der Waals surface area contributed by atoms with Gasteiger partial charge in [0.05, 0.1) is 32.1 Å². The van der Waals surface area contributed by atoms with Crippen LogP contribution in [0.15, 0.2) is 35.5 Å². The zero-order valence-electron chi connectivity index (χ0n) is 13.2. The molecule has 1 aromatic heterocycles. The van der Waals surface area contributed by atoms with Crippen molar-refractivity contribution in [1.29, 1.82) is 0 Å². The number of nitrogens with zero attached hydrogens (tertiary/aromatic N) is 3. The molecule has 0 fully saturated rings. The van der Waals surface area contributed by atoms with Gasteiger partial charge in [0, 0.05) is 12.3 Å². The van der Waals surface area contributed by atoms with E-state index in [0.717, 1.165) is 5.69 Å². The van der Waals surface area contributed by atoms with Crippen molar-refractivity contribution in [2.45, 2.75) is 13.5 Å². The van der Waals surface area contributed by atoms with Crippen molar-refractivity contribution < 1.29 is 9.47 Å². The van der Waals surface area contributed by atoms with Gasteiger partial charge in [0.2, 0.25) is 0 Å². The molecule has 0 aliphatic heterocycles. The Morgan fingerprint density at radius 3 is 2.70 bits per heavy atom. The Balaban J connectivity index is 0.00000264. The van der Waals surface area contributed by atoms with Crippen molar-refractivity contribution >= 4 is 35.6 Å². The summed E-state index contributed by atoms with van der Waals surface area (Å²) in [5.74, 6) is 2.32. The highest BCUT2D eigenvalue weighted by atomic mass is 127. The molecule has 1 aromatic carbocycles.